The Bertz CT molecular complexity index is 1060. The lowest BCUT2D eigenvalue weighted by Gasteiger charge is -2.14. The molecule has 0 spiro atoms. The zero-order chi connectivity index (χ0) is 19.6. The summed E-state index contributed by atoms with van der Waals surface area (Å²) in [7, 11) is 0. The number of nitrogens with zero attached hydrogens (tertiary/aromatic N) is 1. The summed E-state index contributed by atoms with van der Waals surface area (Å²) in [5.74, 6) is -0.846. The molecule has 2 aromatic carbocycles. The van der Waals surface area contributed by atoms with Gasteiger partial charge in [0, 0.05) is 22.7 Å². The van der Waals surface area contributed by atoms with Crippen LogP contribution in [0.1, 0.15) is 18.5 Å². The van der Waals surface area contributed by atoms with Crippen molar-refractivity contribution in [1.82, 2.24) is 4.57 Å². The number of benzene rings is 2. The Morgan fingerprint density at radius 2 is 2.04 bits per heavy atom. The number of rotatable bonds is 5. The van der Waals surface area contributed by atoms with E-state index in [1.54, 1.807) is 37.4 Å². The molecule has 0 aliphatic rings. The third kappa shape index (κ3) is 4.02. The van der Waals surface area contributed by atoms with E-state index < -0.39 is 5.82 Å². The number of amides is 1. The molecule has 0 unspecified atom stereocenters. The van der Waals surface area contributed by atoms with Gasteiger partial charge in [-0.2, -0.15) is 0 Å². The Morgan fingerprint density at radius 3 is 2.74 bits per heavy atom. The quantitative estimate of drug-likeness (QED) is 0.702. The molecule has 2 N–H and O–H groups in total. The zero-order valence-corrected chi connectivity index (χ0v) is 15.3. The van der Waals surface area contributed by atoms with Gasteiger partial charge in [-0.3, -0.25) is 9.59 Å². The Morgan fingerprint density at radius 1 is 1.26 bits per heavy atom. The number of aliphatic hydroxyl groups is 1. The number of anilines is 1. The molecule has 0 saturated heterocycles. The van der Waals surface area contributed by atoms with Gasteiger partial charge < -0.3 is 15.0 Å². The molecule has 1 amide bonds. The van der Waals surface area contributed by atoms with Crippen molar-refractivity contribution < 1.29 is 14.3 Å². The summed E-state index contributed by atoms with van der Waals surface area (Å²) in [6, 6.07) is 10.6. The molecule has 1 heterocycles. The van der Waals surface area contributed by atoms with E-state index in [2.05, 4.69) is 5.32 Å². The van der Waals surface area contributed by atoms with E-state index in [0.717, 1.165) is 0 Å². The Kier molecular flexibility index (Phi) is 5.58. The third-order valence-corrected chi connectivity index (χ3v) is 4.62. The number of nitrogens with one attached hydrogen (secondary N) is 1. The lowest BCUT2D eigenvalue weighted by molar-refractivity contribution is -0.115. The molecule has 0 fully saturated rings. The summed E-state index contributed by atoms with van der Waals surface area (Å²) in [5, 5.41) is 13.1. The number of carbonyl (C=O) groups is 1. The van der Waals surface area contributed by atoms with E-state index in [0.29, 0.717) is 22.0 Å². The number of carbonyl (C=O) groups excluding carboxylic acids is 1. The highest BCUT2D eigenvalue weighted by atomic mass is 35.5. The summed E-state index contributed by atoms with van der Waals surface area (Å²) in [6.45, 7) is 1.59. The van der Waals surface area contributed by atoms with Crippen LogP contribution in [0.2, 0.25) is 5.02 Å². The normalized spacial score (nSPS) is 12.1. The smallest absolute Gasteiger partial charge is 0.258 e. The molecule has 5 nitrogen and oxygen atoms in total. The van der Waals surface area contributed by atoms with Crippen LogP contribution in [0, 0.1) is 5.82 Å². The van der Waals surface area contributed by atoms with Gasteiger partial charge in [0.05, 0.1) is 24.1 Å². The second-order valence-corrected chi connectivity index (χ2v) is 6.71. The molecule has 0 radical (unpaired) electrons. The zero-order valence-electron chi connectivity index (χ0n) is 14.6. The second-order valence-electron chi connectivity index (χ2n) is 6.30. The molecule has 27 heavy (non-hydrogen) atoms. The van der Waals surface area contributed by atoms with Crippen LogP contribution in [-0.2, 0) is 11.2 Å². The van der Waals surface area contributed by atoms with Gasteiger partial charge in [0.1, 0.15) is 5.82 Å². The molecule has 140 valence electrons. The van der Waals surface area contributed by atoms with Crippen molar-refractivity contribution in [3.63, 3.8) is 0 Å². The SMILES string of the molecule is C[C@@H](CO)n1ccc2c(NC(=O)Cc3ccc(F)c(Cl)c3)cccc2c1=O. The third-order valence-electron chi connectivity index (χ3n) is 4.33. The van der Waals surface area contributed by atoms with Gasteiger partial charge in [-0.05, 0) is 42.8 Å². The van der Waals surface area contributed by atoms with Crippen molar-refractivity contribution in [2.24, 2.45) is 0 Å². The summed E-state index contributed by atoms with van der Waals surface area (Å²) >= 11 is 5.74. The van der Waals surface area contributed by atoms with E-state index in [-0.39, 0.29) is 35.6 Å². The van der Waals surface area contributed by atoms with Crippen molar-refractivity contribution in [3.05, 3.63) is 75.4 Å². The summed E-state index contributed by atoms with van der Waals surface area (Å²) < 4.78 is 14.7. The number of halogens is 2. The number of aromatic nitrogens is 1. The average Bonchev–Trinajstić information content (AvgIpc) is 2.65. The van der Waals surface area contributed by atoms with Crippen molar-refractivity contribution in [3.8, 4) is 0 Å². The Hall–Kier alpha value is -2.70. The standard InChI is InChI=1S/C20H18ClFN2O3/c1-12(11-25)24-8-7-14-15(20(24)27)3-2-4-18(14)23-19(26)10-13-5-6-17(22)16(21)9-13/h2-9,12,25H,10-11H2,1H3,(H,23,26)/t12-/m0/s1. The van der Waals surface area contributed by atoms with Crippen LogP contribution in [-0.4, -0.2) is 22.2 Å². The molecule has 3 rings (SSSR count). The number of aliphatic hydroxyl groups excluding tert-OH is 1. The monoisotopic (exact) mass is 388 g/mol. The molecular formula is C20H18ClFN2O3. The van der Waals surface area contributed by atoms with Gasteiger partial charge in [0.2, 0.25) is 5.91 Å². The Balaban J connectivity index is 1.88. The fourth-order valence-electron chi connectivity index (χ4n) is 2.87. The van der Waals surface area contributed by atoms with Crippen molar-refractivity contribution in [1.29, 1.82) is 0 Å². The van der Waals surface area contributed by atoms with Gasteiger partial charge in [-0.15, -0.1) is 0 Å². The highest BCUT2D eigenvalue weighted by Crippen LogP contribution is 2.22. The van der Waals surface area contributed by atoms with Gasteiger partial charge in [-0.1, -0.05) is 23.7 Å². The lowest BCUT2D eigenvalue weighted by Crippen LogP contribution is -2.25. The first kappa shape index (κ1) is 19.1. The van der Waals surface area contributed by atoms with Crippen LogP contribution in [0.4, 0.5) is 10.1 Å². The highest BCUT2D eigenvalue weighted by Gasteiger charge is 2.12. The van der Waals surface area contributed by atoms with Gasteiger partial charge in [0.15, 0.2) is 0 Å². The molecule has 0 bridgehead atoms. The van der Waals surface area contributed by atoms with Crippen LogP contribution < -0.4 is 10.9 Å². The van der Waals surface area contributed by atoms with Crippen molar-refractivity contribution >= 4 is 34.0 Å². The molecule has 0 saturated carbocycles. The predicted octanol–water partition coefficient (Wildman–Crippen LogP) is 3.53. The van der Waals surface area contributed by atoms with E-state index >= 15 is 0 Å². The minimum atomic E-state index is -0.539. The van der Waals surface area contributed by atoms with Crippen molar-refractivity contribution in [2.45, 2.75) is 19.4 Å². The molecule has 3 aromatic rings. The number of hydrogen-bond donors (Lipinski definition) is 2. The maximum Gasteiger partial charge on any atom is 0.258 e. The minimum Gasteiger partial charge on any atom is -0.394 e. The van der Waals surface area contributed by atoms with Crippen LogP contribution in [0.15, 0.2) is 53.5 Å². The van der Waals surface area contributed by atoms with Crippen LogP contribution in [0.3, 0.4) is 0 Å². The number of hydrogen-bond acceptors (Lipinski definition) is 3. The first-order valence-corrected chi connectivity index (χ1v) is 8.77. The maximum absolute atomic E-state index is 13.2. The van der Waals surface area contributed by atoms with E-state index in [1.807, 2.05) is 0 Å². The first-order valence-electron chi connectivity index (χ1n) is 8.39. The van der Waals surface area contributed by atoms with E-state index in [1.165, 1.54) is 22.8 Å². The molecule has 1 aromatic heterocycles. The van der Waals surface area contributed by atoms with Gasteiger partial charge in [0.25, 0.3) is 5.56 Å². The molecule has 1 atom stereocenters. The van der Waals surface area contributed by atoms with E-state index in [4.69, 9.17) is 11.6 Å². The van der Waals surface area contributed by atoms with Gasteiger partial charge >= 0.3 is 0 Å². The van der Waals surface area contributed by atoms with Crippen molar-refractivity contribution in [2.75, 3.05) is 11.9 Å². The Labute approximate surface area is 160 Å². The second kappa shape index (κ2) is 7.90. The van der Waals surface area contributed by atoms with Crippen LogP contribution in [0.25, 0.3) is 10.8 Å². The van der Waals surface area contributed by atoms with Crippen LogP contribution >= 0.6 is 11.6 Å². The molecule has 0 aliphatic heterocycles. The predicted molar refractivity (Wildman–Crippen MR) is 104 cm³/mol. The highest BCUT2D eigenvalue weighted by molar-refractivity contribution is 6.30. The first-order chi connectivity index (χ1) is 12.9. The maximum atomic E-state index is 13.2. The summed E-state index contributed by atoms with van der Waals surface area (Å²) in [5.41, 5.74) is 0.848. The average molecular weight is 389 g/mol. The summed E-state index contributed by atoms with van der Waals surface area (Å²) in [4.78, 5) is 25.0. The fraction of sp³-hybridized carbons (Fsp3) is 0.200. The lowest BCUT2D eigenvalue weighted by atomic mass is 10.1. The number of pyridine rings is 1. The fourth-order valence-corrected chi connectivity index (χ4v) is 3.07. The summed E-state index contributed by atoms with van der Waals surface area (Å²) in [6.07, 6.45) is 1.62. The molecule has 0 aliphatic carbocycles. The van der Waals surface area contributed by atoms with Crippen LogP contribution in [0.5, 0.6) is 0 Å². The largest absolute Gasteiger partial charge is 0.394 e. The van der Waals surface area contributed by atoms with Gasteiger partial charge in [-0.25, -0.2) is 4.39 Å². The number of fused-ring (bicyclic) bond motifs is 1. The molecular weight excluding hydrogens is 371 g/mol. The topological polar surface area (TPSA) is 71.3 Å². The minimum absolute atomic E-state index is 0.0228. The van der Waals surface area contributed by atoms with E-state index in [9.17, 15) is 19.1 Å². The molecule has 7 heteroatoms.